The molecule has 2 aromatic carbocycles. The molecule has 0 fully saturated rings. The van der Waals surface area contributed by atoms with Crippen LogP contribution in [0.15, 0.2) is 63.4 Å². The summed E-state index contributed by atoms with van der Waals surface area (Å²) < 4.78 is 47.4. The lowest BCUT2D eigenvalue weighted by Crippen LogP contribution is -2.24. The van der Waals surface area contributed by atoms with E-state index in [9.17, 15) is 22.8 Å². The van der Waals surface area contributed by atoms with E-state index in [1.165, 1.54) is 35.6 Å². The van der Waals surface area contributed by atoms with Crippen molar-refractivity contribution in [3.63, 3.8) is 0 Å². The predicted octanol–water partition coefficient (Wildman–Crippen LogP) is 4.52. The topological polar surface area (TPSA) is 82.4 Å². The van der Waals surface area contributed by atoms with Crippen molar-refractivity contribution in [1.29, 1.82) is 0 Å². The molecule has 2 heterocycles. The van der Waals surface area contributed by atoms with Gasteiger partial charge in [-0.3, -0.25) is 14.2 Å². The molecule has 4 rings (SSSR count). The number of methoxy groups -OCH3 is 1. The number of aromatic nitrogens is 2. The standard InChI is InChI=1S/C22H18F3N3O4S2/c1-31-16-4-2-3-14(11-16)28-20(30)19-17(9-10-33-19)27-21(28)34-12-18(29)26-13-5-7-15(8-6-13)32-22(23,24)25/h2-8,11H,9-10,12H2,1H3,(H,26,29). The number of nitrogens with one attached hydrogen (secondary N) is 1. The third-order valence-electron chi connectivity index (χ3n) is 4.68. The summed E-state index contributed by atoms with van der Waals surface area (Å²) in [5, 5.41) is 2.98. The van der Waals surface area contributed by atoms with E-state index in [1.54, 1.807) is 24.3 Å². The van der Waals surface area contributed by atoms with Crippen LogP contribution in [0.3, 0.4) is 0 Å². The van der Waals surface area contributed by atoms with Crippen LogP contribution in [-0.4, -0.2) is 40.4 Å². The Bertz CT molecular complexity index is 1260. The van der Waals surface area contributed by atoms with Crippen LogP contribution in [0.25, 0.3) is 5.69 Å². The van der Waals surface area contributed by atoms with Gasteiger partial charge in [-0.15, -0.1) is 24.9 Å². The lowest BCUT2D eigenvalue weighted by molar-refractivity contribution is -0.274. The smallest absolute Gasteiger partial charge is 0.497 e. The Balaban J connectivity index is 1.52. The summed E-state index contributed by atoms with van der Waals surface area (Å²) in [5.74, 6) is 0.476. The summed E-state index contributed by atoms with van der Waals surface area (Å²) in [7, 11) is 1.53. The summed E-state index contributed by atoms with van der Waals surface area (Å²) in [6, 6.07) is 11.8. The number of hydrogen-bond donors (Lipinski definition) is 1. The molecule has 1 aliphatic rings. The maximum Gasteiger partial charge on any atom is 0.573 e. The van der Waals surface area contributed by atoms with Crippen LogP contribution in [0.1, 0.15) is 5.69 Å². The van der Waals surface area contributed by atoms with Crippen molar-refractivity contribution in [2.24, 2.45) is 0 Å². The normalized spacial score (nSPS) is 12.8. The highest BCUT2D eigenvalue weighted by atomic mass is 32.2. The maximum absolute atomic E-state index is 13.2. The van der Waals surface area contributed by atoms with Gasteiger partial charge in [0.15, 0.2) is 5.16 Å². The molecule has 0 radical (unpaired) electrons. The fourth-order valence-electron chi connectivity index (χ4n) is 3.23. The number of nitrogens with zero attached hydrogens (tertiary/aromatic N) is 2. The lowest BCUT2D eigenvalue weighted by Gasteiger charge is -2.14. The second-order valence-electron chi connectivity index (χ2n) is 7.02. The zero-order chi connectivity index (χ0) is 24.3. The number of thioether (sulfide) groups is 2. The van der Waals surface area contributed by atoms with Gasteiger partial charge in [-0.2, -0.15) is 0 Å². The number of ether oxygens (including phenoxy) is 2. The van der Waals surface area contributed by atoms with Gasteiger partial charge in [0.2, 0.25) is 5.91 Å². The number of fused-ring (bicyclic) bond motifs is 1. The molecule has 3 aromatic rings. The van der Waals surface area contributed by atoms with Crippen molar-refractivity contribution in [2.45, 2.75) is 22.8 Å². The highest BCUT2D eigenvalue weighted by Crippen LogP contribution is 2.31. The van der Waals surface area contributed by atoms with E-state index >= 15 is 0 Å². The van der Waals surface area contributed by atoms with Crippen molar-refractivity contribution in [3.8, 4) is 17.2 Å². The number of carbonyl (C=O) groups is 1. The Labute approximate surface area is 200 Å². The first kappa shape index (κ1) is 24.0. The molecule has 1 aromatic heterocycles. The maximum atomic E-state index is 13.2. The molecule has 0 unspecified atom stereocenters. The first-order valence-corrected chi connectivity index (χ1v) is 11.9. The zero-order valence-electron chi connectivity index (χ0n) is 17.7. The van der Waals surface area contributed by atoms with Crippen LogP contribution in [0, 0.1) is 0 Å². The van der Waals surface area contributed by atoms with Crippen molar-refractivity contribution >= 4 is 35.1 Å². The molecule has 34 heavy (non-hydrogen) atoms. The Morgan fingerprint density at radius 3 is 2.68 bits per heavy atom. The highest BCUT2D eigenvalue weighted by Gasteiger charge is 2.31. The number of benzene rings is 2. The minimum absolute atomic E-state index is 0.0663. The van der Waals surface area contributed by atoms with Gasteiger partial charge >= 0.3 is 6.36 Å². The van der Waals surface area contributed by atoms with Gasteiger partial charge in [0.05, 0.1) is 29.1 Å². The SMILES string of the molecule is COc1cccc(-n2c(SCC(=O)Nc3ccc(OC(F)(F)F)cc3)nc3c(c2=O)SCC3)c1. The minimum Gasteiger partial charge on any atom is -0.497 e. The molecular formula is C22H18F3N3O4S2. The van der Waals surface area contributed by atoms with Crippen molar-refractivity contribution in [1.82, 2.24) is 9.55 Å². The summed E-state index contributed by atoms with van der Waals surface area (Å²) in [5.41, 5.74) is 1.38. The molecule has 0 aliphatic carbocycles. The van der Waals surface area contributed by atoms with Crippen LogP contribution in [0.4, 0.5) is 18.9 Å². The second-order valence-corrected chi connectivity index (χ2v) is 9.07. The summed E-state index contributed by atoms with van der Waals surface area (Å²) in [6.45, 7) is 0. The monoisotopic (exact) mass is 509 g/mol. The van der Waals surface area contributed by atoms with E-state index < -0.39 is 12.3 Å². The highest BCUT2D eigenvalue weighted by molar-refractivity contribution is 8.00. The number of amides is 1. The number of alkyl halides is 3. The molecular weight excluding hydrogens is 491 g/mol. The number of halogens is 3. The number of rotatable bonds is 7. The molecule has 12 heteroatoms. The van der Waals surface area contributed by atoms with Gasteiger partial charge in [0.1, 0.15) is 11.5 Å². The van der Waals surface area contributed by atoms with E-state index in [0.29, 0.717) is 39.3 Å². The quantitative estimate of drug-likeness (QED) is 0.371. The van der Waals surface area contributed by atoms with Gasteiger partial charge < -0.3 is 14.8 Å². The van der Waals surface area contributed by atoms with E-state index in [1.807, 2.05) is 0 Å². The van der Waals surface area contributed by atoms with Crippen LogP contribution in [0.2, 0.25) is 0 Å². The molecule has 0 saturated heterocycles. The molecule has 0 atom stereocenters. The molecule has 0 spiro atoms. The first-order chi connectivity index (χ1) is 16.2. The average Bonchev–Trinajstić information content (AvgIpc) is 3.27. The van der Waals surface area contributed by atoms with E-state index in [4.69, 9.17) is 4.74 Å². The Hall–Kier alpha value is -3.12. The molecule has 1 amide bonds. The van der Waals surface area contributed by atoms with Gasteiger partial charge in [-0.1, -0.05) is 17.8 Å². The van der Waals surface area contributed by atoms with E-state index in [2.05, 4.69) is 15.0 Å². The first-order valence-electron chi connectivity index (χ1n) is 9.95. The molecule has 1 N–H and O–H groups in total. The third kappa shape index (κ3) is 5.68. The number of carbonyl (C=O) groups excluding carboxylic acids is 1. The lowest BCUT2D eigenvalue weighted by atomic mass is 10.3. The molecule has 7 nitrogen and oxygen atoms in total. The van der Waals surface area contributed by atoms with Crippen LogP contribution in [-0.2, 0) is 11.2 Å². The Kier molecular flexibility index (Phi) is 7.08. The van der Waals surface area contributed by atoms with Gasteiger partial charge in [0.25, 0.3) is 5.56 Å². The largest absolute Gasteiger partial charge is 0.573 e. The number of anilines is 1. The number of aryl methyl sites for hydroxylation is 1. The van der Waals surface area contributed by atoms with Crippen molar-refractivity contribution in [2.75, 3.05) is 23.9 Å². The van der Waals surface area contributed by atoms with E-state index in [-0.39, 0.29) is 17.1 Å². The summed E-state index contributed by atoms with van der Waals surface area (Å²) in [4.78, 5) is 30.9. The second kappa shape index (κ2) is 10.0. The molecule has 178 valence electrons. The minimum atomic E-state index is -4.79. The van der Waals surface area contributed by atoms with Gasteiger partial charge in [-0.05, 0) is 36.4 Å². The van der Waals surface area contributed by atoms with Crippen LogP contribution in [0.5, 0.6) is 11.5 Å². The predicted molar refractivity (Wildman–Crippen MR) is 123 cm³/mol. The fourth-order valence-corrected chi connectivity index (χ4v) is 5.09. The summed E-state index contributed by atoms with van der Waals surface area (Å²) >= 11 is 2.55. The molecule has 0 saturated carbocycles. The zero-order valence-corrected chi connectivity index (χ0v) is 19.4. The molecule has 0 bridgehead atoms. The summed E-state index contributed by atoms with van der Waals surface area (Å²) in [6.07, 6.45) is -4.12. The average molecular weight is 510 g/mol. The van der Waals surface area contributed by atoms with Gasteiger partial charge in [0, 0.05) is 23.9 Å². The Morgan fingerprint density at radius 2 is 1.97 bits per heavy atom. The third-order valence-corrected chi connectivity index (χ3v) is 6.73. The van der Waals surface area contributed by atoms with E-state index in [0.717, 1.165) is 29.6 Å². The molecule has 1 aliphatic heterocycles. The number of hydrogen-bond acceptors (Lipinski definition) is 7. The van der Waals surface area contributed by atoms with Crippen LogP contribution >= 0.6 is 23.5 Å². The van der Waals surface area contributed by atoms with Gasteiger partial charge in [-0.25, -0.2) is 4.98 Å². The Morgan fingerprint density at radius 1 is 1.21 bits per heavy atom. The fraction of sp³-hybridized carbons (Fsp3) is 0.227. The van der Waals surface area contributed by atoms with Crippen LogP contribution < -0.4 is 20.3 Å². The van der Waals surface area contributed by atoms with Crippen molar-refractivity contribution in [3.05, 3.63) is 64.6 Å². The van der Waals surface area contributed by atoms with Crippen molar-refractivity contribution < 1.29 is 27.4 Å².